The lowest BCUT2D eigenvalue weighted by Crippen LogP contribution is -2.05. The van der Waals surface area contributed by atoms with Crippen molar-refractivity contribution in [1.29, 1.82) is 0 Å². The molecule has 0 aromatic rings. The Morgan fingerprint density at radius 1 is 1.20 bits per heavy atom. The molecule has 0 heterocycles. The van der Waals surface area contributed by atoms with Crippen molar-refractivity contribution in [3.8, 4) is 0 Å². The number of hydrogen-bond donors (Lipinski definition) is 0. The summed E-state index contributed by atoms with van der Waals surface area (Å²) in [6.07, 6.45) is 1.62. The van der Waals surface area contributed by atoms with Crippen molar-refractivity contribution in [2.75, 3.05) is 0 Å². The van der Waals surface area contributed by atoms with Gasteiger partial charge in [-0.05, 0) is 19.4 Å². The number of allylic oxidation sites excluding steroid dienone is 5. The summed E-state index contributed by atoms with van der Waals surface area (Å²) in [5, 5.41) is 0.231. The Morgan fingerprint density at radius 3 is 1.80 bits per heavy atom. The van der Waals surface area contributed by atoms with Crippen molar-refractivity contribution in [3.63, 3.8) is 0 Å². The van der Waals surface area contributed by atoms with Crippen LogP contribution in [0.15, 0.2) is 60.7 Å². The summed E-state index contributed by atoms with van der Waals surface area (Å²) >= 11 is 5.63. The molecule has 0 bridgehead atoms. The lowest BCUT2D eigenvalue weighted by atomic mass is 10.00. The van der Waals surface area contributed by atoms with E-state index in [1.165, 1.54) is 0 Å². The van der Waals surface area contributed by atoms with Crippen LogP contribution in [0.4, 0.5) is 0 Å². The van der Waals surface area contributed by atoms with Crippen molar-refractivity contribution in [2.24, 2.45) is 0 Å². The second kappa shape index (κ2) is 8.01. The van der Waals surface area contributed by atoms with Crippen LogP contribution in [0.2, 0.25) is 0 Å². The molecular weight excluding hydrogens is 208 g/mol. The number of halogens is 1. The second-order valence-electron chi connectivity index (χ2n) is 2.70. The summed E-state index contributed by atoms with van der Waals surface area (Å²) in [6.45, 7) is 20.2. The Kier molecular flexibility index (Phi) is 8.60. The molecule has 0 radical (unpaired) electrons. The largest absolute Gasteiger partial charge is 0.289 e. The molecule has 82 valence electrons. The molecule has 0 aromatic carbocycles. The van der Waals surface area contributed by atoms with E-state index in [0.29, 0.717) is 16.7 Å². The van der Waals surface area contributed by atoms with Crippen molar-refractivity contribution in [2.45, 2.75) is 13.8 Å². The molecule has 0 aliphatic rings. The summed E-state index contributed by atoms with van der Waals surface area (Å²) in [5.41, 5.74) is 1.40. The molecule has 0 fully saturated rings. The third kappa shape index (κ3) is 5.18. The standard InChI is InChI=1S/C11H13ClO.C2H4/c1-6-10(9(5)12)11(13)8(4)7(2)3;1-2/h6H,2,4-5H2,1,3H3;1-2H2/b10-6+;. The Morgan fingerprint density at radius 2 is 1.60 bits per heavy atom. The number of carbonyl (C=O) groups is 1. The molecule has 15 heavy (non-hydrogen) atoms. The van der Waals surface area contributed by atoms with Gasteiger partial charge in [-0.2, -0.15) is 0 Å². The predicted molar refractivity (Wildman–Crippen MR) is 69.0 cm³/mol. The number of ketones is 1. The predicted octanol–water partition coefficient (Wildman–Crippen LogP) is 4.19. The highest BCUT2D eigenvalue weighted by atomic mass is 35.5. The first-order valence-electron chi connectivity index (χ1n) is 4.32. The van der Waals surface area contributed by atoms with Gasteiger partial charge in [0.2, 0.25) is 0 Å². The van der Waals surface area contributed by atoms with E-state index in [-0.39, 0.29) is 10.8 Å². The molecule has 0 N–H and O–H groups in total. The Bertz CT molecular complexity index is 321. The summed E-state index contributed by atoms with van der Waals surface area (Å²) in [5.74, 6) is -0.213. The van der Waals surface area contributed by atoms with Gasteiger partial charge in [0.1, 0.15) is 0 Å². The van der Waals surface area contributed by atoms with E-state index in [1.54, 1.807) is 19.9 Å². The minimum absolute atomic E-state index is 0.213. The zero-order valence-electron chi connectivity index (χ0n) is 9.40. The van der Waals surface area contributed by atoms with Crippen LogP contribution in [0, 0.1) is 0 Å². The molecule has 0 atom stereocenters. The van der Waals surface area contributed by atoms with Gasteiger partial charge in [-0.25, -0.2) is 0 Å². The second-order valence-corrected chi connectivity index (χ2v) is 3.15. The van der Waals surface area contributed by atoms with Gasteiger partial charge in [-0.15, -0.1) is 13.2 Å². The maximum atomic E-state index is 11.6. The highest BCUT2D eigenvalue weighted by Crippen LogP contribution is 2.19. The molecule has 0 rings (SSSR count). The first-order valence-corrected chi connectivity index (χ1v) is 4.70. The van der Waals surface area contributed by atoms with Crippen LogP contribution >= 0.6 is 11.6 Å². The van der Waals surface area contributed by atoms with Crippen molar-refractivity contribution in [3.05, 3.63) is 60.7 Å². The first kappa shape index (κ1) is 16.1. The van der Waals surface area contributed by atoms with Crippen LogP contribution in [0.1, 0.15) is 13.8 Å². The molecule has 1 nitrogen and oxygen atoms in total. The van der Waals surface area contributed by atoms with E-state index in [9.17, 15) is 4.79 Å². The Balaban J connectivity index is 0. The summed E-state index contributed by atoms with van der Waals surface area (Å²) in [7, 11) is 0. The average molecular weight is 225 g/mol. The van der Waals surface area contributed by atoms with Gasteiger partial charge >= 0.3 is 0 Å². The van der Waals surface area contributed by atoms with Crippen LogP contribution in [0.25, 0.3) is 0 Å². The molecule has 0 aliphatic carbocycles. The van der Waals surface area contributed by atoms with Crippen molar-refractivity contribution in [1.82, 2.24) is 0 Å². The van der Waals surface area contributed by atoms with E-state index in [1.807, 2.05) is 0 Å². The molecule has 0 saturated carbocycles. The summed E-state index contributed by atoms with van der Waals surface area (Å²) < 4.78 is 0. The normalized spacial score (nSPS) is 9.67. The lowest BCUT2D eigenvalue weighted by Gasteiger charge is -2.05. The molecular formula is C13H17ClO. The van der Waals surface area contributed by atoms with Crippen molar-refractivity contribution < 1.29 is 4.79 Å². The fraction of sp³-hybridized carbons (Fsp3) is 0.154. The molecule has 0 saturated heterocycles. The molecule has 0 spiro atoms. The van der Waals surface area contributed by atoms with Crippen LogP contribution in [0.3, 0.4) is 0 Å². The number of carbonyl (C=O) groups excluding carboxylic acids is 1. The van der Waals surface area contributed by atoms with Gasteiger partial charge in [0.15, 0.2) is 5.78 Å². The number of rotatable bonds is 4. The van der Waals surface area contributed by atoms with Gasteiger partial charge in [0.25, 0.3) is 0 Å². The average Bonchev–Trinajstić information content (AvgIpc) is 2.19. The molecule has 0 aromatic heterocycles. The van der Waals surface area contributed by atoms with E-state index in [4.69, 9.17) is 11.6 Å². The summed E-state index contributed by atoms with van der Waals surface area (Å²) in [6, 6.07) is 0. The molecule has 0 amide bonds. The van der Waals surface area contributed by atoms with E-state index >= 15 is 0 Å². The van der Waals surface area contributed by atoms with E-state index in [0.717, 1.165) is 0 Å². The number of hydrogen-bond acceptors (Lipinski definition) is 1. The Hall–Kier alpha value is -1.34. The minimum Gasteiger partial charge on any atom is -0.289 e. The van der Waals surface area contributed by atoms with E-state index in [2.05, 4.69) is 32.9 Å². The smallest absolute Gasteiger partial charge is 0.193 e. The third-order valence-electron chi connectivity index (χ3n) is 1.61. The summed E-state index contributed by atoms with van der Waals surface area (Å²) in [4.78, 5) is 11.6. The Labute approximate surface area is 97.1 Å². The maximum absolute atomic E-state index is 11.6. The van der Waals surface area contributed by atoms with Crippen LogP contribution in [0.5, 0.6) is 0 Å². The maximum Gasteiger partial charge on any atom is 0.193 e. The van der Waals surface area contributed by atoms with Gasteiger partial charge < -0.3 is 0 Å². The van der Waals surface area contributed by atoms with Gasteiger partial charge in [-0.1, -0.05) is 37.4 Å². The number of Topliss-reactive ketones (excluding diaryl/α,β-unsaturated/α-hetero) is 1. The quantitative estimate of drug-likeness (QED) is 0.398. The molecule has 0 unspecified atom stereocenters. The van der Waals surface area contributed by atoms with Gasteiger partial charge in [0.05, 0.1) is 0 Å². The third-order valence-corrected chi connectivity index (χ3v) is 1.82. The van der Waals surface area contributed by atoms with Crippen LogP contribution < -0.4 is 0 Å². The topological polar surface area (TPSA) is 17.1 Å². The van der Waals surface area contributed by atoms with Gasteiger partial charge in [0, 0.05) is 16.2 Å². The monoisotopic (exact) mass is 224 g/mol. The fourth-order valence-corrected chi connectivity index (χ4v) is 0.962. The zero-order chi connectivity index (χ0) is 12.6. The molecule has 0 aliphatic heterocycles. The van der Waals surface area contributed by atoms with Gasteiger partial charge in [-0.3, -0.25) is 4.79 Å². The van der Waals surface area contributed by atoms with Crippen LogP contribution in [-0.4, -0.2) is 5.78 Å². The van der Waals surface area contributed by atoms with Crippen molar-refractivity contribution >= 4 is 17.4 Å². The minimum atomic E-state index is -0.213. The van der Waals surface area contributed by atoms with E-state index < -0.39 is 0 Å². The highest BCUT2D eigenvalue weighted by molar-refractivity contribution is 6.36. The highest BCUT2D eigenvalue weighted by Gasteiger charge is 2.14. The zero-order valence-corrected chi connectivity index (χ0v) is 10.2. The lowest BCUT2D eigenvalue weighted by molar-refractivity contribution is -0.111. The first-order chi connectivity index (χ1) is 6.91. The SMILES string of the molecule is C=C.C=C(C)C(=C)C(=O)/C(=C/C)C(=C)Cl. The molecule has 2 heteroatoms. The van der Waals surface area contributed by atoms with Crippen LogP contribution in [-0.2, 0) is 4.79 Å². The fourth-order valence-electron chi connectivity index (χ4n) is 0.767.